The van der Waals surface area contributed by atoms with Crippen molar-refractivity contribution in [1.82, 2.24) is 0 Å². The fourth-order valence-corrected chi connectivity index (χ4v) is 1.23. The maximum absolute atomic E-state index is 11.7. The molecular formula is C12H20O. The van der Waals surface area contributed by atoms with Gasteiger partial charge in [0.05, 0.1) is 0 Å². The van der Waals surface area contributed by atoms with Crippen LogP contribution in [0.5, 0.6) is 0 Å². The summed E-state index contributed by atoms with van der Waals surface area (Å²) in [5, 5.41) is 0. The van der Waals surface area contributed by atoms with E-state index in [1.807, 2.05) is 39.8 Å². The Balaban J connectivity index is 4.12. The molecule has 0 rings (SSSR count). The molecule has 0 aliphatic rings. The average Bonchev–Trinajstić information content (AvgIpc) is 2.01. The van der Waals surface area contributed by atoms with Crippen LogP contribution in [0, 0.1) is 11.3 Å². The predicted octanol–water partition coefficient (Wildman–Crippen LogP) is 3.37. The summed E-state index contributed by atoms with van der Waals surface area (Å²) in [6.07, 6.45) is 6.41. The van der Waals surface area contributed by atoms with Crippen molar-refractivity contribution in [1.29, 1.82) is 0 Å². The van der Waals surface area contributed by atoms with Gasteiger partial charge in [-0.3, -0.25) is 4.79 Å². The van der Waals surface area contributed by atoms with Crippen molar-refractivity contribution in [3.05, 3.63) is 24.8 Å². The van der Waals surface area contributed by atoms with Gasteiger partial charge in [0, 0.05) is 11.3 Å². The Labute approximate surface area is 81.5 Å². The number of hydrogen-bond acceptors (Lipinski definition) is 1. The number of carbonyl (C=O) groups is 1. The van der Waals surface area contributed by atoms with Crippen LogP contribution < -0.4 is 0 Å². The van der Waals surface area contributed by atoms with Crippen LogP contribution in [0.1, 0.15) is 34.1 Å². The van der Waals surface area contributed by atoms with Gasteiger partial charge in [-0.1, -0.05) is 52.5 Å². The average molecular weight is 180 g/mol. The number of allylic oxidation sites excluding steroid dienone is 3. The summed E-state index contributed by atoms with van der Waals surface area (Å²) in [6, 6.07) is 0. The fraction of sp³-hybridized carbons (Fsp3) is 0.583. The first-order chi connectivity index (χ1) is 5.89. The topological polar surface area (TPSA) is 17.1 Å². The summed E-state index contributed by atoms with van der Waals surface area (Å²) in [4.78, 5) is 11.7. The first kappa shape index (κ1) is 12.2. The van der Waals surface area contributed by atoms with Gasteiger partial charge in [0.1, 0.15) is 5.78 Å². The predicted molar refractivity (Wildman–Crippen MR) is 57.6 cm³/mol. The first-order valence-corrected chi connectivity index (χ1v) is 4.71. The Kier molecular flexibility index (Phi) is 4.68. The highest BCUT2D eigenvalue weighted by Crippen LogP contribution is 2.21. The second-order valence-corrected chi connectivity index (χ2v) is 4.41. The largest absolute Gasteiger partial charge is 0.299 e. The standard InChI is InChI=1S/C12H20O/c1-6-7-8-9-10(2)11(13)12(3,4)5/h6-8,10H,1,9H2,2-5H3/b8-7+. The van der Waals surface area contributed by atoms with Gasteiger partial charge in [-0.2, -0.15) is 0 Å². The Morgan fingerprint density at radius 1 is 1.46 bits per heavy atom. The quantitative estimate of drug-likeness (QED) is 0.606. The van der Waals surface area contributed by atoms with Crippen LogP contribution in [-0.2, 0) is 4.79 Å². The molecule has 1 heteroatoms. The van der Waals surface area contributed by atoms with E-state index in [0.717, 1.165) is 6.42 Å². The SMILES string of the molecule is C=C/C=C/CC(C)C(=O)C(C)(C)C. The minimum Gasteiger partial charge on any atom is -0.299 e. The van der Waals surface area contributed by atoms with Crippen LogP contribution in [0.2, 0.25) is 0 Å². The molecule has 0 spiro atoms. The summed E-state index contributed by atoms with van der Waals surface area (Å²) < 4.78 is 0. The van der Waals surface area contributed by atoms with Gasteiger partial charge in [0.25, 0.3) is 0 Å². The van der Waals surface area contributed by atoms with E-state index < -0.39 is 0 Å². The lowest BCUT2D eigenvalue weighted by Crippen LogP contribution is -2.26. The molecular weight excluding hydrogens is 160 g/mol. The molecule has 0 aromatic heterocycles. The second kappa shape index (κ2) is 5.00. The summed E-state index contributed by atoms with van der Waals surface area (Å²) >= 11 is 0. The molecule has 74 valence electrons. The van der Waals surface area contributed by atoms with Crippen LogP contribution in [0.15, 0.2) is 24.8 Å². The maximum atomic E-state index is 11.7. The van der Waals surface area contributed by atoms with Crippen molar-refractivity contribution in [3.8, 4) is 0 Å². The van der Waals surface area contributed by atoms with Crippen LogP contribution in [-0.4, -0.2) is 5.78 Å². The van der Waals surface area contributed by atoms with E-state index in [1.165, 1.54) is 0 Å². The molecule has 0 aromatic carbocycles. The van der Waals surface area contributed by atoms with E-state index >= 15 is 0 Å². The lowest BCUT2D eigenvalue weighted by Gasteiger charge is -2.20. The Hall–Kier alpha value is -0.850. The maximum Gasteiger partial charge on any atom is 0.141 e. The highest BCUT2D eigenvalue weighted by atomic mass is 16.1. The molecule has 0 heterocycles. The van der Waals surface area contributed by atoms with Crippen molar-refractivity contribution >= 4 is 5.78 Å². The molecule has 0 fully saturated rings. The third kappa shape index (κ3) is 4.66. The second-order valence-electron chi connectivity index (χ2n) is 4.41. The van der Waals surface area contributed by atoms with Crippen molar-refractivity contribution in [2.45, 2.75) is 34.1 Å². The normalized spacial score (nSPS) is 14.5. The third-order valence-electron chi connectivity index (χ3n) is 1.95. The Bertz CT molecular complexity index is 206. The number of ketones is 1. The zero-order valence-electron chi connectivity index (χ0n) is 9.13. The van der Waals surface area contributed by atoms with Gasteiger partial charge in [-0.25, -0.2) is 0 Å². The first-order valence-electron chi connectivity index (χ1n) is 4.71. The fourth-order valence-electron chi connectivity index (χ4n) is 1.23. The van der Waals surface area contributed by atoms with Crippen LogP contribution in [0.4, 0.5) is 0 Å². The molecule has 0 radical (unpaired) electrons. The van der Waals surface area contributed by atoms with Crippen molar-refractivity contribution in [2.75, 3.05) is 0 Å². The minimum atomic E-state index is -0.221. The number of rotatable bonds is 4. The summed E-state index contributed by atoms with van der Waals surface area (Å²) in [5.74, 6) is 0.428. The molecule has 0 aliphatic carbocycles. The van der Waals surface area contributed by atoms with Gasteiger partial charge in [-0.15, -0.1) is 0 Å². The van der Waals surface area contributed by atoms with Crippen molar-refractivity contribution < 1.29 is 4.79 Å². The lowest BCUT2D eigenvalue weighted by molar-refractivity contribution is -0.129. The number of Topliss-reactive ketones (excluding diaryl/α,β-unsaturated/α-hetero) is 1. The molecule has 0 N–H and O–H groups in total. The molecule has 0 saturated carbocycles. The summed E-state index contributed by atoms with van der Waals surface area (Å²) in [5.41, 5.74) is -0.221. The van der Waals surface area contributed by atoms with Gasteiger partial charge < -0.3 is 0 Å². The Morgan fingerprint density at radius 2 is 2.00 bits per heavy atom. The molecule has 0 amide bonds. The van der Waals surface area contributed by atoms with Crippen molar-refractivity contribution in [3.63, 3.8) is 0 Å². The smallest absolute Gasteiger partial charge is 0.141 e. The highest BCUT2D eigenvalue weighted by molar-refractivity contribution is 5.85. The molecule has 1 nitrogen and oxygen atoms in total. The molecule has 0 bridgehead atoms. The minimum absolute atomic E-state index is 0.108. The van der Waals surface area contributed by atoms with E-state index in [2.05, 4.69) is 6.58 Å². The van der Waals surface area contributed by atoms with Gasteiger partial charge >= 0.3 is 0 Å². The molecule has 1 unspecified atom stereocenters. The summed E-state index contributed by atoms with van der Waals surface area (Å²) in [7, 11) is 0. The van der Waals surface area contributed by atoms with Gasteiger partial charge in [0.15, 0.2) is 0 Å². The van der Waals surface area contributed by atoms with E-state index in [4.69, 9.17) is 0 Å². The van der Waals surface area contributed by atoms with Crippen LogP contribution >= 0.6 is 0 Å². The molecule has 0 saturated heterocycles. The number of hydrogen-bond donors (Lipinski definition) is 0. The molecule has 0 aliphatic heterocycles. The van der Waals surface area contributed by atoms with E-state index in [-0.39, 0.29) is 11.3 Å². The molecule has 0 aromatic rings. The lowest BCUT2D eigenvalue weighted by atomic mass is 9.82. The van der Waals surface area contributed by atoms with E-state index in [1.54, 1.807) is 6.08 Å². The molecule has 13 heavy (non-hydrogen) atoms. The van der Waals surface area contributed by atoms with Gasteiger partial charge in [-0.05, 0) is 6.42 Å². The van der Waals surface area contributed by atoms with E-state index in [0.29, 0.717) is 5.78 Å². The third-order valence-corrected chi connectivity index (χ3v) is 1.95. The zero-order chi connectivity index (χ0) is 10.5. The van der Waals surface area contributed by atoms with Crippen LogP contribution in [0.3, 0.4) is 0 Å². The number of carbonyl (C=O) groups excluding carboxylic acids is 1. The van der Waals surface area contributed by atoms with E-state index in [9.17, 15) is 4.79 Å². The van der Waals surface area contributed by atoms with Crippen LogP contribution in [0.25, 0.3) is 0 Å². The summed E-state index contributed by atoms with van der Waals surface area (Å²) in [6.45, 7) is 11.4. The zero-order valence-corrected chi connectivity index (χ0v) is 9.13. The monoisotopic (exact) mass is 180 g/mol. The Morgan fingerprint density at radius 3 is 2.38 bits per heavy atom. The van der Waals surface area contributed by atoms with Crippen molar-refractivity contribution in [2.24, 2.45) is 11.3 Å². The van der Waals surface area contributed by atoms with Gasteiger partial charge in [0.2, 0.25) is 0 Å². The molecule has 1 atom stereocenters. The highest BCUT2D eigenvalue weighted by Gasteiger charge is 2.25.